The van der Waals surface area contributed by atoms with Gasteiger partial charge in [0.25, 0.3) is 0 Å². The largest absolute Gasteiger partial charge is 0.462 e. The third-order valence-corrected chi connectivity index (χ3v) is 5.60. The van der Waals surface area contributed by atoms with Gasteiger partial charge >= 0.3 is 5.97 Å². The number of hydrogen-bond donors (Lipinski definition) is 1. The molecule has 0 aliphatic carbocycles. The number of esters is 1. The Labute approximate surface area is 140 Å². The number of carbonyl (C=O) groups is 2. The number of anilines is 1. The monoisotopic (exact) mass is 357 g/mol. The highest BCUT2D eigenvalue weighted by Gasteiger charge is 2.18. The van der Waals surface area contributed by atoms with Gasteiger partial charge in [-0.15, -0.1) is 21.5 Å². The molecule has 2 aromatic rings. The lowest BCUT2D eigenvalue weighted by molar-refractivity contribution is -0.113. The van der Waals surface area contributed by atoms with Gasteiger partial charge < -0.3 is 10.1 Å². The molecule has 22 heavy (non-hydrogen) atoms. The van der Waals surface area contributed by atoms with Crippen LogP contribution in [0.3, 0.4) is 0 Å². The number of aryl methyl sites for hydroxylation is 1. The predicted octanol–water partition coefficient (Wildman–Crippen LogP) is 3.07. The SMILES string of the molecule is CCOC(=O)c1cc(CC)sc1NC(=O)CSc1nncs1. The van der Waals surface area contributed by atoms with E-state index < -0.39 is 5.97 Å². The second kappa shape index (κ2) is 8.25. The van der Waals surface area contributed by atoms with Crippen LogP contribution in [0.1, 0.15) is 29.1 Å². The summed E-state index contributed by atoms with van der Waals surface area (Å²) in [6.45, 7) is 4.05. The molecule has 2 rings (SSSR count). The summed E-state index contributed by atoms with van der Waals surface area (Å²) in [5.41, 5.74) is 2.03. The Hall–Kier alpha value is -1.45. The van der Waals surface area contributed by atoms with Gasteiger partial charge in [-0.05, 0) is 19.4 Å². The zero-order valence-corrected chi connectivity index (χ0v) is 14.6. The Balaban J connectivity index is 2.02. The molecule has 2 heterocycles. The molecule has 0 saturated carbocycles. The van der Waals surface area contributed by atoms with Crippen LogP contribution in [0.15, 0.2) is 15.9 Å². The van der Waals surface area contributed by atoms with E-state index in [0.717, 1.165) is 15.6 Å². The van der Waals surface area contributed by atoms with E-state index in [0.29, 0.717) is 17.2 Å². The van der Waals surface area contributed by atoms with Crippen LogP contribution in [0.4, 0.5) is 5.00 Å². The molecule has 0 radical (unpaired) electrons. The van der Waals surface area contributed by atoms with Gasteiger partial charge in [0, 0.05) is 4.88 Å². The second-order valence-corrected chi connectivity index (χ2v) is 7.26. The fourth-order valence-electron chi connectivity index (χ4n) is 1.59. The smallest absolute Gasteiger partial charge is 0.341 e. The van der Waals surface area contributed by atoms with Crippen molar-refractivity contribution in [3.63, 3.8) is 0 Å². The topological polar surface area (TPSA) is 81.2 Å². The minimum atomic E-state index is -0.412. The minimum Gasteiger partial charge on any atom is -0.462 e. The molecule has 118 valence electrons. The second-order valence-electron chi connectivity index (χ2n) is 4.07. The van der Waals surface area contributed by atoms with Crippen molar-refractivity contribution in [1.29, 1.82) is 0 Å². The summed E-state index contributed by atoms with van der Waals surface area (Å²) in [5, 5.41) is 10.9. The quantitative estimate of drug-likeness (QED) is 0.606. The third kappa shape index (κ3) is 4.52. The first kappa shape index (κ1) is 16.9. The third-order valence-electron chi connectivity index (χ3n) is 2.55. The van der Waals surface area contributed by atoms with Crippen LogP contribution in [-0.4, -0.2) is 34.4 Å². The van der Waals surface area contributed by atoms with E-state index in [9.17, 15) is 9.59 Å². The fourth-order valence-corrected chi connectivity index (χ4v) is 3.87. The van der Waals surface area contributed by atoms with Crippen LogP contribution in [0.5, 0.6) is 0 Å². The van der Waals surface area contributed by atoms with Crippen LogP contribution < -0.4 is 5.32 Å². The zero-order valence-electron chi connectivity index (χ0n) is 12.1. The number of amides is 1. The van der Waals surface area contributed by atoms with Gasteiger partial charge in [-0.25, -0.2) is 4.79 Å². The molecule has 0 bridgehead atoms. The van der Waals surface area contributed by atoms with E-state index in [2.05, 4.69) is 15.5 Å². The highest BCUT2D eigenvalue weighted by atomic mass is 32.2. The molecule has 1 N–H and O–H groups in total. The molecule has 0 aliphatic rings. The number of nitrogens with zero attached hydrogens (tertiary/aromatic N) is 2. The Morgan fingerprint density at radius 1 is 1.41 bits per heavy atom. The Morgan fingerprint density at radius 3 is 2.86 bits per heavy atom. The van der Waals surface area contributed by atoms with Crippen molar-refractivity contribution in [1.82, 2.24) is 10.2 Å². The van der Waals surface area contributed by atoms with Gasteiger partial charge in [-0.1, -0.05) is 30.0 Å². The van der Waals surface area contributed by atoms with Crippen molar-refractivity contribution < 1.29 is 14.3 Å². The molecule has 0 fully saturated rings. The van der Waals surface area contributed by atoms with Crippen LogP contribution in [0, 0.1) is 0 Å². The summed E-state index contributed by atoms with van der Waals surface area (Å²) >= 11 is 4.09. The highest BCUT2D eigenvalue weighted by Crippen LogP contribution is 2.30. The average Bonchev–Trinajstić information content (AvgIpc) is 3.14. The molecule has 0 aromatic carbocycles. The minimum absolute atomic E-state index is 0.185. The maximum absolute atomic E-state index is 12.0. The van der Waals surface area contributed by atoms with Crippen molar-refractivity contribution in [3.8, 4) is 0 Å². The van der Waals surface area contributed by atoms with Gasteiger partial charge in [0.1, 0.15) is 10.5 Å². The molecule has 0 unspecified atom stereocenters. The van der Waals surface area contributed by atoms with Crippen LogP contribution in [0.2, 0.25) is 0 Å². The normalized spacial score (nSPS) is 10.5. The Kier molecular flexibility index (Phi) is 6.34. The number of aromatic nitrogens is 2. The first-order valence-electron chi connectivity index (χ1n) is 6.62. The Morgan fingerprint density at radius 2 is 2.23 bits per heavy atom. The van der Waals surface area contributed by atoms with Crippen molar-refractivity contribution in [3.05, 3.63) is 22.0 Å². The predicted molar refractivity (Wildman–Crippen MR) is 88.9 cm³/mol. The first-order valence-corrected chi connectivity index (χ1v) is 9.30. The number of nitrogens with one attached hydrogen (secondary N) is 1. The zero-order chi connectivity index (χ0) is 15.9. The number of hydrogen-bond acceptors (Lipinski definition) is 8. The lowest BCUT2D eigenvalue weighted by atomic mass is 10.2. The summed E-state index contributed by atoms with van der Waals surface area (Å²) in [5.74, 6) is -0.377. The molecule has 2 aromatic heterocycles. The number of thiophene rings is 1. The summed E-state index contributed by atoms with van der Waals surface area (Å²) in [7, 11) is 0. The molecular weight excluding hydrogens is 342 g/mol. The number of carbonyl (C=O) groups excluding carboxylic acids is 2. The molecule has 9 heteroatoms. The highest BCUT2D eigenvalue weighted by molar-refractivity contribution is 8.01. The van der Waals surface area contributed by atoms with Gasteiger partial charge in [-0.2, -0.15) is 0 Å². The Bertz CT molecular complexity index is 640. The molecule has 0 saturated heterocycles. The van der Waals surface area contributed by atoms with Crippen molar-refractivity contribution in [2.24, 2.45) is 0 Å². The average molecular weight is 357 g/mol. The maximum atomic E-state index is 12.0. The molecule has 6 nitrogen and oxygen atoms in total. The van der Waals surface area contributed by atoms with Gasteiger partial charge in [0.15, 0.2) is 4.34 Å². The lowest BCUT2D eigenvalue weighted by Gasteiger charge is -2.05. The first-order chi connectivity index (χ1) is 10.6. The van der Waals surface area contributed by atoms with Crippen LogP contribution in [0.25, 0.3) is 0 Å². The van der Waals surface area contributed by atoms with Crippen molar-refractivity contribution in [2.45, 2.75) is 24.6 Å². The van der Waals surface area contributed by atoms with E-state index in [1.54, 1.807) is 18.5 Å². The number of ether oxygens (including phenoxy) is 1. The van der Waals surface area contributed by atoms with E-state index in [-0.39, 0.29) is 11.7 Å². The van der Waals surface area contributed by atoms with Gasteiger partial charge in [-0.3, -0.25) is 4.79 Å². The molecule has 0 atom stereocenters. The van der Waals surface area contributed by atoms with Crippen molar-refractivity contribution >= 4 is 51.3 Å². The summed E-state index contributed by atoms with van der Waals surface area (Å²) in [6.07, 6.45) is 0.798. The fraction of sp³-hybridized carbons (Fsp3) is 0.385. The maximum Gasteiger partial charge on any atom is 0.341 e. The van der Waals surface area contributed by atoms with E-state index in [1.807, 2.05) is 6.92 Å². The van der Waals surface area contributed by atoms with E-state index >= 15 is 0 Å². The number of rotatable bonds is 7. The molecule has 0 spiro atoms. The van der Waals surface area contributed by atoms with E-state index in [1.165, 1.54) is 34.4 Å². The van der Waals surface area contributed by atoms with Crippen LogP contribution in [-0.2, 0) is 16.0 Å². The lowest BCUT2D eigenvalue weighted by Crippen LogP contribution is -2.15. The van der Waals surface area contributed by atoms with Crippen molar-refractivity contribution in [2.75, 3.05) is 17.7 Å². The van der Waals surface area contributed by atoms with Gasteiger partial charge in [0.05, 0.1) is 17.9 Å². The standard InChI is InChI=1S/C13H15N3O3S3/c1-3-8-5-9(12(18)19-4-2)11(22-8)15-10(17)6-20-13-16-14-7-21-13/h5,7H,3-4,6H2,1-2H3,(H,15,17). The van der Waals surface area contributed by atoms with E-state index in [4.69, 9.17) is 4.74 Å². The molecular formula is C13H15N3O3S3. The number of thioether (sulfide) groups is 1. The summed E-state index contributed by atoms with van der Waals surface area (Å²) in [4.78, 5) is 25.0. The summed E-state index contributed by atoms with van der Waals surface area (Å²) in [6, 6.07) is 1.77. The van der Waals surface area contributed by atoms with Crippen LogP contribution >= 0.6 is 34.4 Å². The molecule has 0 aliphatic heterocycles. The molecule has 1 amide bonds. The summed E-state index contributed by atoms with van der Waals surface area (Å²) < 4.78 is 5.76. The van der Waals surface area contributed by atoms with Gasteiger partial charge in [0.2, 0.25) is 5.91 Å².